The van der Waals surface area contributed by atoms with E-state index in [2.05, 4.69) is 4.74 Å². The molecule has 0 saturated carbocycles. The SMILES string of the molecule is COC(NNC(=O)c1ccc(CN(C(=O)N2CCS(=O)(=O)CC2)c2ccc(-c3ccc4c(c3)OCO4)cc2)cc1)C(F)(F)F. The van der Waals surface area contributed by atoms with Gasteiger partial charge in [0.2, 0.25) is 13.0 Å². The number of rotatable bonds is 8. The maximum atomic E-state index is 13.7. The van der Waals surface area contributed by atoms with Gasteiger partial charge in [0.25, 0.3) is 5.91 Å². The van der Waals surface area contributed by atoms with Gasteiger partial charge in [0, 0.05) is 31.5 Å². The molecule has 1 fully saturated rings. The third-order valence-corrected chi connectivity index (χ3v) is 8.75. The van der Waals surface area contributed by atoms with Crippen LogP contribution < -0.4 is 25.2 Å². The molecule has 234 valence electrons. The number of ether oxygens (including phenoxy) is 3. The first-order valence-corrected chi connectivity index (χ1v) is 15.3. The Labute approximate surface area is 251 Å². The minimum atomic E-state index is -4.73. The molecule has 0 radical (unpaired) electrons. The van der Waals surface area contributed by atoms with Crippen molar-refractivity contribution in [1.29, 1.82) is 0 Å². The van der Waals surface area contributed by atoms with E-state index in [0.29, 0.717) is 22.7 Å². The molecule has 2 N–H and O–H groups in total. The Hall–Kier alpha value is -4.34. The lowest BCUT2D eigenvalue weighted by Crippen LogP contribution is -2.52. The fourth-order valence-electron chi connectivity index (χ4n) is 4.68. The molecule has 0 bridgehead atoms. The number of nitrogens with zero attached hydrogens (tertiary/aromatic N) is 2. The third-order valence-electron chi connectivity index (χ3n) is 7.14. The lowest BCUT2D eigenvalue weighted by atomic mass is 10.0. The van der Waals surface area contributed by atoms with Crippen LogP contribution in [0.25, 0.3) is 11.1 Å². The number of carbonyl (C=O) groups is 2. The number of hydrogen-bond donors (Lipinski definition) is 2. The van der Waals surface area contributed by atoms with E-state index in [4.69, 9.17) is 9.47 Å². The highest BCUT2D eigenvalue weighted by Crippen LogP contribution is 2.36. The molecule has 2 heterocycles. The van der Waals surface area contributed by atoms with Crippen LogP contribution in [0.4, 0.5) is 23.7 Å². The number of fused-ring (bicyclic) bond motifs is 1. The van der Waals surface area contributed by atoms with Crippen molar-refractivity contribution in [2.24, 2.45) is 0 Å². The summed E-state index contributed by atoms with van der Waals surface area (Å²) in [5.74, 6) is 0.211. The molecule has 1 atom stereocenters. The van der Waals surface area contributed by atoms with Gasteiger partial charge in [-0.15, -0.1) is 0 Å². The molecule has 3 aromatic rings. The maximum Gasteiger partial charge on any atom is 0.429 e. The van der Waals surface area contributed by atoms with E-state index in [1.165, 1.54) is 21.9 Å². The van der Waals surface area contributed by atoms with Crippen molar-refractivity contribution in [3.8, 4) is 22.6 Å². The van der Waals surface area contributed by atoms with Gasteiger partial charge in [-0.25, -0.2) is 13.2 Å². The Morgan fingerprint density at radius 1 is 0.955 bits per heavy atom. The molecule has 5 rings (SSSR count). The molecule has 0 spiro atoms. The van der Waals surface area contributed by atoms with Gasteiger partial charge < -0.3 is 19.1 Å². The van der Waals surface area contributed by atoms with E-state index in [1.807, 2.05) is 35.8 Å². The monoisotopic (exact) mass is 634 g/mol. The summed E-state index contributed by atoms with van der Waals surface area (Å²) in [5.41, 5.74) is 6.78. The highest BCUT2D eigenvalue weighted by molar-refractivity contribution is 7.91. The third kappa shape index (κ3) is 7.23. The molecule has 15 heteroatoms. The van der Waals surface area contributed by atoms with Gasteiger partial charge in [-0.3, -0.25) is 15.1 Å². The zero-order chi connectivity index (χ0) is 31.5. The number of halogens is 3. The fraction of sp³-hybridized carbons (Fsp3) is 0.310. The van der Waals surface area contributed by atoms with Crippen LogP contribution in [-0.4, -0.2) is 76.2 Å². The zero-order valence-electron chi connectivity index (χ0n) is 23.5. The second kappa shape index (κ2) is 12.7. The molecule has 11 nitrogen and oxygen atoms in total. The zero-order valence-corrected chi connectivity index (χ0v) is 24.3. The predicted octanol–water partition coefficient (Wildman–Crippen LogP) is 3.71. The van der Waals surface area contributed by atoms with Crippen molar-refractivity contribution < 1.29 is 45.4 Å². The first-order chi connectivity index (χ1) is 20.9. The van der Waals surface area contributed by atoms with Crippen LogP contribution in [0, 0.1) is 0 Å². The number of methoxy groups -OCH3 is 1. The van der Waals surface area contributed by atoms with Gasteiger partial charge in [0.05, 0.1) is 18.1 Å². The lowest BCUT2D eigenvalue weighted by molar-refractivity contribution is -0.224. The van der Waals surface area contributed by atoms with E-state index in [9.17, 15) is 31.2 Å². The fourth-order valence-corrected chi connectivity index (χ4v) is 5.88. The highest BCUT2D eigenvalue weighted by Gasteiger charge is 2.40. The number of alkyl halides is 3. The van der Waals surface area contributed by atoms with Crippen LogP contribution in [0.3, 0.4) is 0 Å². The van der Waals surface area contributed by atoms with Gasteiger partial charge in [0.15, 0.2) is 21.3 Å². The van der Waals surface area contributed by atoms with Crippen LogP contribution in [0.2, 0.25) is 0 Å². The summed E-state index contributed by atoms with van der Waals surface area (Å²) in [6, 6.07) is 18.4. The van der Waals surface area contributed by atoms with Gasteiger partial charge in [-0.1, -0.05) is 30.3 Å². The molecule has 2 aliphatic rings. The van der Waals surface area contributed by atoms with Crippen molar-refractivity contribution in [2.45, 2.75) is 18.9 Å². The van der Waals surface area contributed by atoms with Crippen LogP contribution in [-0.2, 0) is 21.1 Å². The van der Waals surface area contributed by atoms with E-state index in [1.54, 1.807) is 29.7 Å². The standard InChI is InChI=1S/C29H29F3N4O7S/c1-41-27(29(30,31)32)34-33-26(37)21-4-2-19(3-5-21)17-36(28(38)35-12-14-44(39,40)15-13-35)23-9-6-20(7-10-23)22-8-11-24-25(16-22)43-18-42-24/h2-11,16,27,34H,12-15,17-18H2,1H3,(H,33,37). The Morgan fingerprint density at radius 2 is 1.59 bits per heavy atom. The topological polar surface area (TPSA) is 127 Å². The minimum absolute atomic E-state index is 0.0550. The van der Waals surface area contributed by atoms with Gasteiger partial charge in [-0.2, -0.15) is 18.6 Å². The molecular weight excluding hydrogens is 605 g/mol. The van der Waals surface area contributed by atoms with Crippen molar-refractivity contribution >= 4 is 27.5 Å². The maximum absolute atomic E-state index is 13.7. The summed E-state index contributed by atoms with van der Waals surface area (Å²) in [6.45, 7) is 0.339. The predicted molar refractivity (Wildman–Crippen MR) is 154 cm³/mol. The number of sulfone groups is 1. The van der Waals surface area contributed by atoms with Crippen molar-refractivity contribution in [2.75, 3.05) is 43.4 Å². The first kappa shape index (κ1) is 31.1. The summed E-state index contributed by atoms with van der Waals surface area (Å²) >= 11 is 0. The summed E-state index contributed by atoms with van der Waals surface area (Å²) in [6.07, 6.45) is -7.12. The molecule has 0 aliphatic carbocycles. The normalized spacial score (nSPS) is 16.3. The molecule has 1 unspecified atom stereocenters. The number of urea groups is 1. The van der Waals surface area contributed by atoms with Gasteiger partial charge in [-0.05, 0) is 53.1 Å². The van der Waals surface area contributed by atoms with E-state index in [0.717, 1.165) is 18.2 Å². The minimum Gasteiger partial charge on any atom is -0.454 e. The summed E-state index contributed by atoms with van der Waals surface area (Å²) < 4.78 is 77.7. The smallest absolute Gasteiger partial charge is 0.429 e. The molecule has 1 saturated heterocycles. The number of benzene rings is 3. The van der Waals surface area contributed by atoms with Gasteiger partial charge >= 0.3 is 12.2 Å². The van der Waals surface area contributed by atoms with Crippen LogP contribution in [0.15, 0.2) is 66.7 Å². The molecule has 3 aromatic carbocycles. The molecule has 0 aromatic heterocycles. The Morgan fingerprint density at radius 3 is 2.23 bits per heavy atom. The molecule has 2 aliphatic heterocycles. The van der Waals surface area contributed by atoms with Crippen molar-refractivity contribution in [3.63, 3.8) is 0 Å². The van der Waals surface area contributed by atoms with E-state index in [-0.39, 0.29) is 49.5 Å². The van der Waals surface area contributed by atoms with Crippen LogP contribution in [0.5, 0.6) is 11.5 Å². The average Bonchev–Trinajstić information content (AvgIpc) is 3.48. The second-order valence-electron chi connectivity index (χ2n) is 10.1. The van der Waals surface area contributed by atoms with Crippen LogP contribution >= 0.6 is 0 Å². The number of nitrogens with one attached hydrogen (secondary N) is 2. The van der Waals surface area contributed by atoms with Crippen molar-refractivity contribution in [1.82, 2.24) is 15.8 Å². The Balaban J connectivity index is 1.34. The molecular formula is C29H29F3N4O7S. The largest absolute Gasteiger partial charge is 0.454 e. The Kier molecular flexibility index (Phi) is 8.99. The first-order valence-electron chi connectivity index (χ1n) is 13.4. The summed E-state index contributed by atoms with van der Waals surface area (Å²) in [5, 5.41) is 0. The van der Waals surface area contributed by atoms with Crippen molar-refractivity contribution in [3.05, 3.63) is 77.9 Å². The highest BCUT2D eigenvalue weighted by atomic mass is 32.2. The van der Waals surface area contributed by atoms with Gasteiger partial charge in [0.1, 0.15) is 0 Å². The molecule has 44 heavy (non-hydrogen) atoms. The van der Waals surface area contributed by atoms with E-state index < -0.39 is 28.1 Å². The quantitative estimate of drug-likeness (QED) is 0.284. The second-order valence-corrected chi connectivity index (χ2v) is 12.4. The number of anilines is 1. The molecule has 3 amide bonds. The number of hydrazine groups is 1. The number of hydrogen-bond acceptors (Lipinski definition) is 8. The number of amides is 3. The summed E-state index contributed by atoms with van der Waals surface area (Å²) in [7, 11) is -2.36. The van der Waals surface area contributed by atoms with Crippen LogP contribution in [0.1, 0.15) is 15.9 Å². The Bertz CT molecular complexity index is 1600. The summed E-state index contributed by atoms with van der Waals surface area (Å²) in [4.78, 5) is 29.1. The van der Waals surface area contributed by atoms with E-state index >= 15 is 0 Å². The lowest BCUT2D eigenvalue weighted by Gasteiger charge is -2.33. The average molecular weight is 635 g/mol. The number of carbonyl (C=O) groups excluding carboxylic acids is 2.